The van der Waals surface area contributed by atoms with Crippen LogP contribution in [0.4, 0.5) is 5.82 Å². The largest absolute Gasteiger partial charge is 0.496 e. The summed E-state index contributed by atoms with van der Waals surface area (Å²) in [5.41, 5.74) is 6.24. The van der Waals surface area contributed by atoms with Gasteiger partial charge < -0.3 is 21.0 Å². The van der Waals surface area contributed by atoms with Gasteiger partial charge in [-0.2, -0.15) is 5.10 Å². The molecule has 0 unspecified atom stereocenters. The minimum absolute atomic E-state index is 0.140. The van der Waals surface area contributed by atoms with Crippen LogP contribution < -0.4 is 15.8 Å². The van der Waals surface area contributed by atoms with Crippen LogP contribution in [-0.4, -0.2) is 33.8 Å². The van der Waals surface area contributed by atoms with Crippen molar-refractivity contribution in [3.8, 4) is 5.75 Å². The predicted molar refractivity (Wildman–Crippen MR) is 76.7 cm³/mol. The summed E-state index contributed by atoms with van der Waals surface area (Å²) < 4.78 is 6.56. The number of anilines is 1. The van der Waals surface area contributed by atoms with Crippen LogP contribution in [0.1, 0.15) is 15.9 Å². The van der Waals surface area contributed by atoms with Crippen molar-refractivity contribution in [2.75, 3.05) is 12.4 Å². The van der Waals surface area contributed by atoms with Crippen molar-refractivity contribution in [1.29, 1.82) is 0 Å². The maximum absolute atomic E-state index is 12.3. The number of hydrogen-bond donors (Lipinski definition) is 3. The lowest BCUT2D eigenvalue weighted by Gasteiger charge is -2.10. The van der Waals surface area contributed by atoms with E-state index in [0.29, 0.717) is 22.7 Å². The van der Waals surface area contributed by atoms with Crippen LogP contribution in [-0.2, 0) is 7.05 Å². The monoisotopic (exact) mass is 289 g/mol. The van der Waals surface area contributed by atoms with Gasteiger partial charge in [0.25, 0.3) is 5.91 Å². The predicted octanol–water partition coefficient (Wildman–Crippen LogP) is 0.775. The van der Waals surface area contributed by atoms with E-state index in [-0.39, 0.29) is 11.7 Å². The molecule has 0 saturated heterocycles. The van der Waals surface area contributed by atoms with Crippen molar-refractivity contribution in [2.45, 2.75) is 0 Å². The van der Waals surface area contributed by atoms with Crippen LogP contribution in [0.15, 0.2) is 35.6 Å². The van der Waals surface area contributed by atoms with Crippen molar-refractivity contribution in [3.05, 3.63) is 41.6 Å². The Morgan fingerprint density at radius 1 is 1.43 bits per heavy atom. The smallest absolute Gasteiger partial charge is 0.260 e. The number of amidine groups is 1. The van der Waals surface area contributed by atoms with Crippen molar-refractivity contribution >= 4 is 17.6 Å². The van der Waals surface area contributed by atoms with Gasteiger partial charge in [-0.15, -0.1) is 0 Å². The number of nitrogens with two attached hydrogens (primary N) is 1. The Balaban J connectivity index is 2.34. The van der Waals surface area contributed by atoms with Crippen molar-refractivity contribution in [2.24, 2.45) is 17.9 Å². The standard InChI is InChI=1S/C13H15N5O3/c1-18-12(9(7-15-18)11(14)17-20)16-13(19)8-5-3-4-6-10(8)21-2/h3-7,20H,1-2H3,(H2,14,17)(H,16,19). The molecule has 0 bridgehead atoms. The summed E-state index contributed by atoms with van der Waals surface area (Å²) in [4.78, 5) is 12.3. The van der Waals surface area contributed by atoms with Gasteiger partial charge in [-0.1, -0.05) is 17.3 Å². The summed E-state index contributed by atoms with van der Waals surface area (Å²) in [5, 5.41) is 18.3. The van der Waals surface area contributed by atoms with Gasteiger partial charge in [0, 0.05) is 7.05 Å². The van der Waals surface area contributed by atoms with E-state index in [2.05, 4.69) is 15.6 Å². The van der Waals surface area contributed by atoms with Gasteiger partial charge in [0.05, 0.1) is 24.4 Å². The first-order chi connectivity index (χ1) is 10.1. The third-order valence-electron chi connectivity index (χ3n) is 2.91. The fourth-order valence-electron chi connectivity index (χ4n) is 1.83. The number of aromatic nitrogens is 2. The Bertz CT molecular complexity index is 693. The normalized spacial score (nSPS) is 11.2. The highest BCUT2D eigenvalue weighted by atomic mass is 16.5. The van der Waals surface area contributed by atoms with Gasteiger partial charge in [-0.3, -0.25) is 9.48 Å². The first-order valence-corrected chi connectivity index (χ1v) is 6.02. The third kappa shape index (κ3) is 2.78. The molecule has 21 heavy (non-hydrogen) atoms. The fraction of sp³-hybridized carbons (Fsp3) is 0.154. The molecule has 8 heteroatoms. The summed E-state index contributed by atoms with van der Waals surface area (Å²) >= 11 is 0. The molecule has 1 heterocycles. The van der Waals surface area contributed by atoms with E-state index in [1.807, 2.05) is 0 Å². The highest BCUT2D eigenvalue weighted by Gasteiger charge is 2.18. The van der Waals surface area contributed by atoms with E-state index in [0.717, 1.165) is 0 Å². The molecule has 2 aromatic rings. The average Bonchev–Trinajstić information content (AvgIpc) is 2.87. The second-order valence-corrected chi connectivity index (χ2v) is 4.17. The minimum atomic E-state index is -0.386. The molecular weight excluding hydrogens is 274 g/mol. The summed E-state index contributed by atoms with van der Waals surface area (Å²) in [6.45, 7) is 0. The second kappa shape index (κ2) is 5.95. The number of rotatable bonds is 4. The molecule has 0 spiro atoms. The minimum Gasteiger partial charge on any atom is -0.496 e. The molecule has 0 aliphatic carbocycles. The van der Waals surface area contributed by atoms with E-state index in [1.165, 1.54) is 18.0 Å². The molecule has 2 rings (SSSR count). The van der Waals surface area contributed by atoms with Gasteiger partial charge in [-0.25, -0.2) is 0 Å². The van der Waals surface area contributed by atoms with Crippen LogP contribution in [0, 0.1) is 0 Å². The van der Waals surface area contributed by atoms with E-state index in [4.69, 9.17) is 15.7 Å². The van der Waals surface area contributed by atoms with E-state index >= 15 is 0 Å². The van der Waals surface area contributed by atoms with Crippen LogP contribution >= 0.6 is 0 Å². The Labute approximate surface area is 120 Å². The number of nitrogens with one attached hydrogen (secondary N) is 1. The number of para-hydroxylation sites is 1. The number of amides is 1. The van der Waals surface area contributed by atoms with Crippen LogP contribution in [0.25, 0.3) is 0 Å². The lowest BCUT2D eigenvalue weighted by molar-refractivity contribution is 0.102. The number of benzene rings is 1. The Hall–Kier alpha value is -3.03. The summed E-state index contributed by atoms with van der Waals surface area (Å²) in [6.07, 6.45) is 1.40. The average molecular weight is 289 g/mol. The topological polar surface area (TPSA) is 115 Å². The molecule has 0 saturated carbocycles. The van der Waals surface area contributed by atoms with E-state index in [1.54, 1.807) is 31.3 Å². The lowest BCUT2D eigenvalue weighted by atomic mass is 10.2. The molecule has 0 fully saturated rings. The highest BCUT2D eigenvalue weighted by molar-refractivity contribution is 6.10. The molecule has 0 aliphatic heterocycles. The Morgan fingerprint density at radius 2 is 2.14 bits per heavy atom. The molecule has 1 amide bonds. The Kier molecular flexibility index (Phi) is 4.07. The lowest BCUT2D eigenvalue weighted by Crippen LogP contribution is -2.20. The number of carbonyl (C=O) groups is 1. The zero-order chi connectivity index (χ0) is 15.4. The second-order valence-electron chi connectivity index (χ2n) is 4.17. The summed E-state index contributed by atoms with van der Waals surface area (Å²) in [5.74, 6) is 0.241. The molecule has 0 aliphatic rings. The molecule has 4 N–H and O–H groups in total. The summed E-state index contributed by atoms with van der Waals surface area (Å²) in [6, 6.07) is 6.81. The first-order valence-electron chi connectivity index (χ1n) is 6.02. The zero-order valence-electron chi connectivity index (χ0n) is 11.6. The van der Waals surface area contributed by atoms with E-state index < -0.39 is 0 Å². The van der Waals surface area contributed by atoms with Crippen LogP contribution in [0.5, 0.6) is 5.75 Å². The van der Waals surface area contributed by atoms with Crippen LogP contribution in [0.2, 0.25) is 0 Å². The molecular formula is C13H15N5O3. The molecule has 0 radical (unpaired) electrons. The van der Waals surface area contributed by atoms with Gasteiger partial charge in [-0.05, 0) is 12.1 Å². The van der Waals surface area contributed by atoms with Gasteiger partial charge in [0.1, 0.15) is 11.6 Å². The zero-order valence-corrected chi connectivity index (χ0v) is 11.6. The molecule has 110 valence electrons. The quantitative estimate of drug-likeness (QED) is 0.333. The number of oxime groups is 1. The number of hydrogen-bond acceptors (Lipinski definition) is 5. The Morgan fingerprint density at radius 3 is 2.81 bits per heavy atom. The van der Waals surface area contributed by atoms with Gasteiger partial charge >= 0.3 is 0 Å². The number of aryl methyl sites for hydroxylation is 1. The number of nitrogens with zero attached hydrogens (tertiary/aromatic N) is 3. The van der Waals surface area contributed by atoms with Crippen molar-refractivity contribution < 1.29 is 14.7 Å². The highest BCUT2D eigenvalue weighted by Crippen LogP contribution is 2.20. The number of methoxy groups -OCH3 is 1. The third-order valence-corrected chi connectivity index (χ3v) is 2.91. The number of ether oxygens (including phenoxy) is 1. The number of carbonyl (C=O) groups excluding carboxylic acids is 1. The molecule has 0 atom stereocenters. The molecule has 1 aromatic heterocycles. The van der Waals surface area contributed by atoms with Crippen molar-refractivity contribution in [3.63, 3.8) is 0 Å². The SMILES string of the molecule is COc1ccccc1C(=O)Nc1c(C(N)=NO)cnn1C. The fourth-order valence-corrected chi connectivity index (χ4v) is 1.83. The van der Waals surface area contributed by atoms with Crippen molar-refractivity contribution in [1.82, 2.24) is 9.78 Å². The first kappa shape index (κ1) is 14.4. The maximum Gasteiger partial charge on any atom is 0.260 e. The van der Waals surface area contributed by atoms with E-state index in [9.17, 15) is 4.79 Å². The molecule has 1 aromatic carbocycles. The van der Waals surface area contributed by atoms with Crippen LogP contribution in [0.3, 0.4) is 0 Å². The maximum atomic E-state index is 12.3. The van der Waals surface area contributed by atoms with Gasteiger partial charge in [0.2, 0.25) is 0 Å². The summed E-state index contributed by atoms with van der Waals surface area (Å²) in [7, 11) is 3.12. The van der Waals surface area contributed by atoms with Gasteiger partial charge in [0.15, 0.2) is 5.84 Å². The molecule has 8 nitrogen and oxygen atoms in total.